The van der Waals surface area contributed by atoms with Crippen molar-refractivity contribution in [3.63, 3.8) is 0 Å². The molecule has 0 saturated carbocycles. The van der Waals surface area contributed by atoms with Gasteiger partial charge in [0.05, 0.1) is 27.9 Å². The number of benzene rings is 2. The number of carboxylic acids is 1. The van der Waals surface area contributed by atoms with Crippen molar-refractivity contribution in [1.29, 1.82) is 0 Å². The minimum Gasteiger partial charge on any atom is -0.478 e. The number of thioether (sulfide) groups is 1. The number of aromatic nitrogens is 3. The van der Waals surface area contributed by atoms with Crippen LogP contribution in [-0.4, -0.2) is 43.4 Å². The standard InChI is InChI=1S/C24H26ClN5O4S/c1-14(2)11-19(27-22(32)17-9-4-5-10-18(17)25)21-28-29-24(30(21)3)35-13-20(31)26-16-8-6-7-15(12-16)23(33)34/h4-10,12,14,19H,11,13H2,1-3H3,(H,26,31)(H,27,32)(H,33,34)/t19-/m1/s1. The molecule has 0 radical (unpaired) electrons. The molecule has 0 fully saturated rings. The van der Waals surface area contributed by atoms with E-state index in [9.17, 15) is 14.4 Å². The lowest BCUT2D eigenvalue weighted by atomic mass is 10.0. The van der Waals surface area contributed by atoms with E-state index in [1.807, 2.05) is 13.8 Å². The molecule has 3 aromatic rings. The molecule has 3 N–H and O–H groups in total. The van der Waals surface area contributed by atoms with Crippen LogP contribution >= 0.6 is 23.4 Å². The van der Waals surface area contributed by atoms with Gasteiger partial charge in [0.1, 0.15) is 0 Å². The maximum Gasteiger partial charge on any atom is 0.335 e. The minimum absolute atomic E-state index is 0.0457. The molecule has 0 aliphatic carbocycles. The van der Waals surface area contributed by atoms with Crippen LogP contribution in [0.4, 0.5) is 5.69 Å². The molecule has 184 valence electrons. The Kier molecular flexibility index (Phi) is 8.89. The summed E-state index contributed by atoms with van der Waals surface area (Å²) >= 11 is 7.37. The van der Waals surface area contributed by atoms with E-state index in [0.717, 1.165) is 0 Å². The molecule has 0 spiro atoms. The third-order valence-corrected chi connectivity index (χ3v) is 6.39. The zero-order valence-electron chi connectivity index (χ0n) is 19.5. The first-order chi connectivity index (χ1) is 16.7. The highest BCUT2D eigenvalue weighted by Gasteiger charge is 2.24. The number of hydrogen-bond acceptors (Lipinski definition) is 6. The quantitative estimate of drug-likeness (QED) is 0.341. The van der Waals surface area contributed by atoms with Gasteiger partial charge in [0.15, 0.2) is 11.0 Å². The molecule has 1 aromatic heterocycles. The van der Waals surface area contributed by atoms with Gasteiger partial charge in [-0.3, -0.25) is 9.59 Å². The molecule has 11 heteroatoms. The Labute approximate surface area is 212 Å². The van der Waals surface area contributed by atoms with E-state index in [4.69, 9.17) is 16.7 Å². The number of nitrogens with zero attached hydrogens (tertiary/aromatic N) is 3. The van der Waals surface area contributed by atoms with Gasteiger partial charge < -0.3 is 20.3 Å². The van der Waals surface area contributed by atoms with Crippen molar-refractivity contribution in [2.45, 2.75) is 31.5 Å². The Balaban J connectivity index is 1.68. The molecule has 2 aromatic carbocycles. The van der Waals surface area contributed by atoms with Gasteiger partial charge in [-0.15, -0.1) is 10.2 Å². The first-order valence-electron chi connectivity index (χ1n) is 10.9. The molecule has 0 bridgehead atoms. The van der Waals surface area contributed by atoms with Crippen LogP contribution in [0.3, 0.4) is 0 Å². The van der Waals surface area contributed by atoms with E-state index in [2.05, 4.69) is 20.8 Å². The van der Waals surface area contributed by atoms with Crippen LogP contribution in [0, 0.1) is 5.92 Å². The second kappa shape index (κ2) is 11.9. The van der Waals surface area contributed by atoms with Crippen LogP contribution in [0.2, 0.25) is 5.02 Å². The molecule has 2 amide bonds. The number of rotatable bonds is 10. The Morgan fingerprint density at radius 1 is 1.11 bits per heavy atom. The summed E-state index contributed by atoms with van der Waals surface area (Å²) in [5, 5.41) is 24.1. The monoisotopic (exact) mass is 515 g/mol. The van der Waals surface area contributed by atoms with Crippen LogP contribution in [0.15, 0.2) is 53.7 Å². The number of nitrogens with one attached hydrogen (secondary N) is 2. The number of carboxylic acid groups (broad SMARTS) is 1. The summed E-state index contributed by atoms with van der Waals surface area (Å²) in [4.78, 5) is 36.4. The molecular formula is C24H26ClN5O4S. The Morgan fingerprint density at radius 2 is 1.86 bits per heavy atom. The van der Waals surface area contributed by atoms with E-state index < -0.39 is 12.0 Å². The third-order valence-electron chi connectivity index (χ3n) is 5.04. The van der Waals surface area contributed by atoms with Crippen molar-refractivity contribution in [3.05, 3.63) is 70.5 Å². The lowest BCUT2D eigenvalue weighted by Crippen LogP contribution is -2.31. The largest absolute Gasteiger partial charge is 0.478 e. The summed E-state index contributed by atoms with van der Waals surface area (Å²) in [6.45, 7) is 4.09. The Morgan fingerprint density at radius 3 is 2.54 bits per heavy atom. The van der Waals surface area contributed by atoms with Gasteiger partial charge in [-0.05, 0) is 42.7 Å². The number of carbonyl (C=O) groups excluding carboxylic acids is 2. The maximum atomic E-state index is 12.9. The predicted molar refractivity (Wildman–Crippen MR) is 135 cm³/mol. The van der Waals surface area contributed by atoms with Crippen molar-refractivity contribution in [2.75, 3.05) is 11.1 Å². The van der Waals surface area contributed by atoms with Gasteiger partial charge in [0.2, 0.25) is 5.91 Å². The van der Waals surface area contributed by atoms with Crippen LogP contribution in [0.5, 0.6) is 0 Å². The minimum atomic E-state index is -1.07. The number of amides is 2. The lowest BCUT2D eigenvalue weighted by Gasteiger charge is -2.20. The first kappa shape index (κ1) is 26.2. The second-order valence-corrected chi connectivity index (χ2v) is 9.61. The molecule has 9 nitrogen and oxygen atoms in total. The van der Waals surface area contributed by atoms with Gasteiger partial charge in [-0.25, -0.2) is 4.79 Å². The predicted octanol–water partition coefficient (Wildman–Crippen LogP) is 4.41. The summed E-state index contributed by atoms with van der Waals surface area (Å²) in [6, 6.07) is 12.4. The molecular weight excluding hydrogens is 490 g/mol. The molecule has 3 rings (SSSR count). The molecule has 0 unspecified atom stereocenters. The summed E-state index contributed by atoms with van der Waals surface area (Å²) < 4.78 is 1.75. The average molecular weight is 516 g/mol. The van der Waals surface area contributed by atoms with Crippen LogP contribution in [0.1, 0.15) is 52.9 Å². The summed E-state index contributed by atoms with van der Waals surface area (Å²) in [5.41, 5.74) is 0.861. The summed E-state index contributed by atoms with van der Waals surface area (Å²) in [7, 11) is 1.78. The highest BCUT2D eigenvalue weighted by molar-refractivity contribution is 7.99. The van der Waals surface area contributed by atoms with E-state index in [0.29, 0.717) is 33.7 Å². The Bertz CT molecular complexity index is 1230. The topological polar surface area (TPSA) is 126 Å². The first-order valence-corrected chi connectivity index (χ1v) is 12.2. The van der Waals surface area contributed by atoms with E-state index in [1.165, 1.54) is 23.9 Å². The molecule has 0 saturated heterocycles. The van der Waals surface area contributed by atoms with Crippen molar-refractivity contribution in [1.82, 2.24) is 20.1 Å². The smallest absolute Gasteiger partial charge is 0.335 e. The van der Waals surface area contributed by atoms with Crippen molar-refractivity contribution in [2.24, 2.45) is 13.0 Å². The van der Waals surface area contributed by atoms with Gasteiger partial charge in [-0.1, -0.05) is 55.4 Å². The number of anilines is 1. The Hall–Kier alpha value is -3.37. The van der Waals surface area contributed by atoms with Gasteiger partial charge in [0, 0.05) is 12.7 Å². The van der Waals surface area contributed by atoms with Crippen molar-refractivity contribution < 1.29 is 19.5 Å². The molecule has 0 aliphatic heterocycles. The van der Waals surface area contributed by atoms with E-state index >= 15 is 0 Å². The van der Waals surface area contributed by atoms with E-state index in [-0.39, 0.29) is 29.0 Å². The molecule has 35 heavy (non-hydrogen) atoms. The number of hydrogen-bond donors (Lipinski definition) is 3. The van der Waals surface area contributed by atoms with Gasteiger partial charge in [0.25, 0.3) is 5.91 Å². The number of halogens is 1. The van der Waals surface area contributed by atoms with E-state index in [1.54, 1.807) is 48.0 Å². The lowest BCUT2D eigenvalue weighted by molar-refractivity contribution is -0.113. The summed E-state index contributed by atoms with van der Waals surface area (Å²) in [6.07, 6.45) is 0.632. The third kappa shape index (κ3) is 7.06. The molecule has 0 aliphatic rings. The van der Waals surface area contributed by atoms with Gasteiger partial charge >= 0.3 is 5.97 Å². The fourth-order valence-electron chi connectivity index (χ4n) is 3.39. The SMILES string of the molecule is CC(C)C[C@@H](NC(=O)c1ccccc1Cl)c1nnc(SCC(=O)Nc2cccc(C(=O)O)c2)n1C. The highest BCUT2D eigenvalue weighted by atomic mass is 35.5. The van der Waals surface area contributed by atoms with Crippen LogP contribution in [-0.2, 0) is 11.8 Å². The molecule has 1 heterocycles. The fourth-order valence-corrected chi connectivity index (χ4v) is 4.33. The zero-order valence-corrected chi connectivity index (χ0v) is 21.1. The average Bonchev–Trinajstić information content (AvgIpc) is 3.17. The summed E-state index contributed by atoms with van der Waals surface area (Å²) in [5.74, 6) is -0.804. The van der Waals surface area contributed by atoms with Gasteiger partial charge in [-0.2, -0.15) is 0 Å². The maximum absolute atomic E-state index is 12.9. The fraction of sp³-hybridized carbons (Fsp3) is 0.292. The zero-order chi connectivity index (χ0) is 25.5. The van der Waals surface area contributed by atoms with Crippen molar-refractivity contribution in [3.8, 4) is 0 Å². The normalized spacial score (nSPS) is 11.8. The van der Waals surface area contributed by atoms with Crippen molar-refractivity contribution >= 4 is 46.8 Å². The highest BCUT2D eigenvalue weighted by Crippen LogP contribution is 2.25. The van der Waals surface area contributed by atoms with Crippen LogP contribution in [0.25, 0.3) is 0 Å². The second-order valence-electron chi connectivity index (χ2n) is 8.26. The number of carbonyl (C=O) groups is 3. The molecule has 1 atom stereocenters. The van der Waals surface area contributed by atoms with Crippen LogP contribution < -0.4 is 10.6 Å². The number of aromatic carboxylic acids is 1.